The monoisotopic (exact) mass is 704 g/mol. The van der Waals surface area contributed by atoms with Crippen LogP contribution in [0.15, 0.2) is 109 Å². The Morgan fingerprint density at radius 1 is 0.574 bits per heavy atom. The molecule has 54 heavy (non-hydrogen) atoms. The molecule has 0 fully saturated rings. The lowest BCUT2D eigenvalue weighted by Crippen LogP contribution is -2.06. The quantitative estimate of drug-likeness (QED) is 0.149. The Labute approximate surface area is 312 Å². The maximum atomic E-state index is 13.4. The summed E-state index contributed by atoms with van der Waals surface area (Å²) in [7, 11) is 0. The summed E-state index contributed by atoms with van der Waals surface area (Å²) in [4.78, 5) is 31.6. The lowest BCUT2D eigenvalue weighted by molar-refractivity contribution is 0.0527. The maximum absolute atomic E-state index is 13.4. The minimum absolute atomic E-state index is 0.268. The fourth-order valence-corrected chi connectivity index (χ4v) is 7.32. The Balaban J connectivity index is 1.47. The first-order valence-electron chi connectivity index (χ1n) is 18.0. The average Bonchev–Trinajstić information content (AvgIpc) is 4.04. The number of nitrogens with one attached hydrogen (secondary N) is 3. The first-order chi connectivity index (χ1) is 26.4. The predicted octanol–water partition coefficient (Wildman–Crippen LogP) is 10.8. The molecule has 0 atom stereocenters. The summed E-state index contributed by atoms with van der Waals surface area (Å²) in [6.45, 7) is 6.25. The van der Waals surface area contributed by atoms with E-state index in [1.807, 2.05) is 49.7 Å². The van der Waals surface area contributed by atoms with E-state index in [1.165, 1.54) is 11.1 Å². The van der Waals surface area contributed by atoms with E-state index in [4.69, 9.17) is 14.7 Å². The first kappa shape index (κ1) is 32.8. The van der Waals surface area contributed by atoms with Crippen LogP contribution < -0.4 is 0 Å². The van der Waals surface area contributed by atoms with Crippen LogP contribution in [0, 0.1) is 13.8 Å². The first-order valence-corrected chi connectivity index (χ1v) is 18.0. The van der Waals surface area contributed by atoms with Gasteiger partial charge in [0.1, 0.15) is 0 Å². The molecule has 2 aliphatic rings. The third kappa shape index (κ3) is 5.84. The second kappa shape index (κ2) is 13.5. The number of esters is 1. The van der Waals surface area contributed by atoms with E-state index in [9.17, 15) is 4.79 Å². The molecular weight excluding hydrogens is 669 g/mol. The van der Waals surface area contributed by atoms with E-state index >= 15 is 0 Å². The van der Waals surface area contributed by atoms with Gasteiger partial charge in [0.15, 0.2) is 0 Å². The number of benzene rings is 3. The number of H-pyrrole nitrogens is 3. The number of hydrogen-bond acceptors (Lipinski definition) is 5. The lowest BCUT2D eigenvalue weighted by atomic mass is 9.98. The van der Waals surface area contributed by atoms with E-state index in [1.54, 1.807) is 0 Å². The normalized spacial score (nSPS) is 12.0. The zero-order valence-electron chi connectivity index (χ0n) is 30.1. The van der Waals surface area contributed by atoms with Crippen molar-refractivity contribution in [1.29, 1.82) is 0 Å². The maximum Gasteiger partial charge on any atom is 0.338 e. The fourth-order valence-electron chi connectivity index (χ4n) is 7.32. The van der Waals surface area contributed by atoms with E-state index < -0.39 is 0 Å². The highest BCUT2D eigenvalue weighted by atomic mass is 16.5. The molecule has 0 saturated carbocycles. The van der Waals surface area contributed by atoms with Crippen LogP contribution in [-0.2, 0) is 4.74 Å². The third-order valence-electron chi connectivity index (χ3n) is 9.91. The van der Waals surface area contributed by atoms with Gasteiger partial charge in [-0.1, -0.05) is 77.9 Å². The molecule has 3 N–H and O–H groups in total. The third-order valence-corrected chi connectivity index (χ3v) is 9.91. The van der Waals surface area contributed by atoms with Crippen LogP contribution in [0.2, 0.25) is 0 Å². The molecule has 6 heterocycles. The van der Waals surface area contributed by atoms with Gasteiger partial charge in [-0.3, -0.25) is 5.10 Å². The summed E-state index contributed by atoms with van der Waals surface area (Å²) >= 11 is 0. The summed E-state index contributed by atoms with van der Waals surface area (Å²) in [5, 5.41) is 7.30. The largest absolute Gasteiger partial charge is 0.462 e. The Morgan fingerprint density at radius 2 is 1.04 bits per heavy atom. The zero-order chi connectivity index (χ0) is 36.8. The second-order valence-corrected chi connectivity index (χ2v) is 13.5. The summed E-state index contributed by atoms with van der Waals surface area (Å²) in [5.41, 5.74) is 16.7. The molecule has 0 aliphatic carbocycles. The number of fused-ring (bicyclic) bond motifs is 8. The van der Waals surface area contributed by atoms with Crippen molar-refractivity contribution in [3.8, 4) is 44.5 Å². The highest BCUT2D eigenvalue weighted by Crippen LogP contribution is 2.39. The molecule has 0 radical (unpaired) electrons. The Kier molecular flexibility index (Phi) is 8.20. The number of carbonyl (C=O) groups is 1. The highest BCUT2D eigenvalue weighted by molar-refractivity contribution is 6.04. The van der Waals surface area contributed by atoms with E-state index in [0.717, 1.165) is 89.4 Å². The van der Waals surface area contributed by atoms with Crippen LogP contribution in [0.4, 0.5) is 0 Å². The number of aromatic nitrogens is 6. The van der Waals surface area contributed by atoms with Gasteiger partial charge < -0.3 is 14.7 Å². The summed E-state index contributed by atoms with van der Waals surface area (Å²) < 4.78 is 5.55. The van der Waals surface area contributed by atoms with Crippen LogP contribution in [0.3, 0.4) is 0 Å². The molecule has 4 aromatic heterocycles. The van der Waals surface area contributed by atoms with Gasteiger partial charge in [-0.2, -0.15) is 5.10 Å². The minimum atomic E-state index is -0.387. The van der Waals surface area contributed by atoms with Crippen LogP contribution in [-0.4, -0.2) is 42.7 Å². The Morgan fingerprint density at radius 3 is 1.52 bits per heavy atom. The number of ether oxygens (including phenoxy) is 1. The molecule has 8 bridgehead atoms. The lowest BCUT2D eigenvalue weighted by Gasteiger charge is -2.10. The van der Waals surface area contributed by atoms with Crippen LogP contribution in [0.25, 0.3) is 90.9 Å². The van der Waals surface area contributed by atoms with Crippen LogP contribution in [0.1, 0.15) is 51.2 Å². The summed E-state index contributed by atoms with van der Waals surface area (Å²) in [6, 6.07) is 32.9. The van der Waals surface area contributed by atoms with Gasteiger partial charge in [0, 0.05) is 61.6 Å². The molecular formula is C46H36N6O2. The molecule has 8 nitrogen and oxygen atoms in total. The molecule has 0 unspecified atom stereocenters. The fraction of sp³-hybridized carbons (Fsp3) is 0.0870. The van der Waals surface area contributed by atoms with Gasteiger partial charge in [-0.05, 0) is 86.5 Å². The number of carbonyl (C=O) groups excluding carboxylic acids is 1. The number of nitrogens with zero attached hydrogens (tertiary/aromatic N) is 3. The molecule has 7 aromatic rings. The van der Waals surface area contributed by atoms with Gasteiger partial charge in [-0.25, -0.2) is 14.8 Å². The van der Waals surface area contributed by atoms with Gasteiger partial charge in [-0.15, -0.1) is 0 Å². The molecule has 0 spiro atoms. The van der Waals surface area contributed by atoms with Crippen molar-refractivity contribution in [2.24, 2.45) is 0 Å². The van der Waals surface area contributed by atoms with Crippen molar-refractivity contribution in [2.45, 2.75) is 20.8 Å². The smallest absolute Gasteiger partial charge is 0.338 e. The number of rotatable bonds is 6. The second-order valence-electron chi connectivity index (χ2n) is 13.5. The van der Waals surface area contributed by atoms with Gasteiger partial charge >= 0.3 is 5.97 Å². The van der Waals surface area contributed by atoms with Gasteiger partial charge in [0.2, 0.25) is 0 Å². The number of aryl methyl sites for hydroxylation is 2. The minimum Gasteiger partial charge on any atom is -0.462 e. The van der Waals surface area contributed by atoms with Crippen molar-refractivity contribution in [3.63, 3.8) is 0 Å². The molecule has 0 amide bonds. The van der Waals surface area contributed by atoms with Crippen molar-refractivity contribution in [2.75, 3.05) is 6.61 Å². The van der Waals surface area contributed by atoms with E-state index in [0.29, 0.717) is 5.56 Å². The molecule has 8 heteroatoms. The average molecular weight is 705 g/mol. The van der Waals surface area contributed by atoms with Crippen molar-refractivity contribution < 1.29 is 9.53 Å². The SMILES string of the molecule is CCOC(=O)c1ccccc1-c1c2nc(c(-c3ccc(C)cc3)c3ccc([nH]3)c(-c3cn[nH]c3)c3nc(c(-c4ccc(C)cc4)c4ccc1[nH]4)C=C3)C=C2. The molecule has 2 aliphatic heterocycles. The number of hydrogen-bond donors (Lipinski definition) is 3. The Hall–Kier alpha value is -7.06. The van der Waals surface area contributed by atoms with Crippen molar-refractivity contribution in [1.82, 2.24) is 30.1 Å². The molecule has 0 saturated heterocycles. The zero-order valence-corrected chi connectivity index (χ0v) is 30.1. The van der Waals surface area contributed by atoms with Crippen molar-refractivity contribution >= 4 is 52.3 Å². The predicted molar refractivity (Wildman–Crippen MR) is 218 cm³/mol. The number of aromatic amines is 3. The Bertz CT molecular complexity index is 2760. The summed E-state index contributed by atoms with van der Waals surface area (Å²) in [6.07, 6.45) is 11.9. The van der Waals surface area contributed by atoms with E-state index in [2.05, 4.69) is 125 Å². The van der Waals surface area contributed by atoms with Crippen molar-refractivity contribution in [3.05, 3.63) is 149 Å². The molecule has 9 rings (SSSR count). The van der Waals surface area contributed by atoms with Crippen LogP contribution >= 0.6 is 0 Å². The standard InChI is InChI=1S/C46H36N6O2/c1-4-54-46(53)33-8-6-5-7-32(33)45-40-23-21-36(51-40)42(29-13-9-27(2)10-14-29)34-17-19-38(49-34)44(31-25-47-48-26-31)39-20-18-35(50-39)43(37-22-24-41(45)52-37)30-15-11-28(3)12-16-30/h5-26,49,52H,4H2,1-3H3,(H,47,48). The van der Waals surface area contributed by atoms with E-state index in [-0.39, 0.29) is 12.6 Å². The molecule has 3 aromatic carbocycles. The highest BCUT2D eigenvalue weighted by Gasteiger charge is 2.22. The summed E-state index contributed by atoms with van der Waals surface area (Å²) in [5.74, 6) is -0.387. The van der Waals surface area contributed by atoms with Crippen LogP contribution in [0.5, 0.6) is 0 Å². The van der Waals surface area contributed by atoms with Gasteiger partial charge in [0.25, 0.3) is 0 Å². The molecule has 262 valence electrons. The topological polar surface area (TPSA) is 112 Å². The van der Waals surface area contributed by atoms with Gasteiger partial charge in [0.05, 0.1) is 41.1 Å².